The highest BCUT2D eigenvalue weighted by Crippen LogP contribution is 2.41. The molecule has 0 radical (unpaired) electrons. The van der Waals surface area contributed by atoms with Crippen molar-refractivity contribution in [2.24, 2.45) is 0 Å². The van der Waals surface area contributed by atoms with Gasteiger partial charge in [-0.2, -0.15) is 0 Å². The summed E-state index contributed by atoms with van der Waals surface area (Å²) in [5, 5.41) is 5.94. The molecular formula is C21H20BrN3O3. The minimum absolute atomic E-state index is 0.0468. The summed E-state index contributed by atoms with van der Waals surface area (Å²) in [6.45, 7) is 2.27. The van der Waals surface area contributed by atoms with E-state index in [1.807, 2.05) is 49.4 Å². The van der Waals surface area contributed by atoms with Crippen molar-refractivity contribution >= 4 is 39.3 Å². The van der Waals surface area contributed by atoms with Crippen LogP contribution in [0.15, 0.2) is 52.5 Å². The van der Waals surface area contributed by atoms with E-state index in [0.717, 1.165) is 38.3 Å². The van der Waals surface area contributed by atoms with E-state index < -0.39 is 0 Å². The minimum Gasteiger partial charge on any atom is -0.496 e. The fourth-order valence-corrected chi connectivity index (χ4v) is 4.30. The first-order valence-corrected chi connectivity index (χ1v) is 9.86. The molecule has 0 bridgehead atoms. The van der Waals surface area contributed by atoms with Gasteiger partial charge in [0.25, 0.3) is 0 Å². The first-order chi connectivity index (χ1) is 13.5. The summed E-state index contributed by atoms with van der Waals surface area (Å²) in [5.74, 6) is 0.764. The van der Waals surface area contributed by atoms with Crippen LogP contribution >= 0.6 is 15.9 Å². The third kappa shape index (κ3) is 3.05. The Hall–Kier alpha value is -2.80. The molecule has 0 spiro atoms. The SMILES string of the molecule is CCC(=O)N1CC2=C(NC(=O)NC2c2ccc(OC)c(Br)c2)c2ccccc21. The maximum Gasteiger partial charge on any atom is 0.320 e. The molecule has 2 aromatic rings. The normalized spacial score (nSPS) is 18.0. The Bertz CT molecular complexity index is 1000. The van der Waals surface area contributed by atoms with Gasteiger partial charge in [0.05, 0.1) is 35.6 Å². The average Bonchev–Trinajstić information content (AvgIpc) is 2.72. The maximum atomic E-state index is 12.6. The topological polar surface area (TPSA) is 70.7 Å². The van der Waals surface area contributed by atoms with Gasteiger partial charge >= 0.3 is 6.03 Å². The Kier molecular flexibility index (Phi) is 4.85. The maximum absolute atomic E-state index is 12.6. The van der Waals surface area contributed by atoms with Crippen LogP contribution in [-0.4, -0.2) is 25.6 Å². The average molecular weight is 442 g/mol. The first kappa shape index (κ1) is 18.6. The highest BCUT2D eigenvalue weighted by molar-refractivity contribution is 9.10. The number of halogens is 1. The van der Waals surface area contributed by atoms with Gasteiger partial charge in [0.15, 0.2) is 0 Å². The summed E-state index contributed by atoms with van der Waals surface area (Å²) < 4.78 is 6.12. The van der Waals surface area contributed by atoms with Crippen LogP contribution in [0.1, 0.15) is 30.5 Å². The van der Waals surface area contributed by atoms with Gasteiger partial charge in [0.2, 0.25) is 5.91 Å². The number of hydrogen-bond donors (Lipinski definition) is 2. The third-order valence-corrected chi connectivity index (χ3v) is 5.71. The Morgan fingerprint density at radius 2 is 2.07 bits per heavy atom. The van der Waals surface area contributed by atoms with Crippen LogP contribution in [0.5, 0.6) is 5.75 Å². The van der Waals surface area contributed by atoms with Crippen molar-refractivity contribution in [3.63, 3.8) is 0 Å². The molecule has 2 aliphatic rings. The van der Waals surface area contributed by atoms with E-state index in [9.17, 15) is 9.59 Å². The van der Waals surface area contributed by atoms with Crippen molar-refractivity contribution in [1.82, 2.24) is 10.6 Å². The number of urea groups is 1. The molecule has 4 rings (SSSR count). The van der Waals surface area contributed by atoms with Gasteiger partial charge in [-0.05, 0) is 39.7 Å². The molecule has 2 N–H and O–H groups in total. The van der Waals surface area contributed by atoms with Crippen molar-refractivity contribution in [2.45, 2.75) is 19.4 Å². The van der Waals surface area contributed by atoms with Crippen molar-refractivity contribution in [3.8, 4) is 5.75 Å². The third-order valence-electron chi connectivity index (χ3n) is 5.09. The molecule has 7 heteroatoms. The molecule has 2 heterocycles. The van der Waals surface area contributed by atoms with Crippen LogP contribution in [0.25, 0.3) is 5.70 Å². The van der Waals surface area contributed by atoms with Crippen molar-refractivity contribution in [1.29, 1.82) is 0 Å². The van der Waals surface area contributed by atoms with Crippen LogP contribution < -0.4 is 20.3 Å². The summed E-state index contributed by atoms with van der Waals surface area (Å²) in [4.78, 5) is 26.8. The number of hydrogen-bond acceptors (Lipinski definition) is 3. The summed E-state index contributed by atoms with van der Waals surface area (Å²) in [6.07, 6.45) is 0.412. The lowest BCUT2D eigenvalue weighted by Gasteiger charge is -2.39. The molecule has 3 amide bonds. The fraction of sp³-hybridized carbons (Fsp3) is 0.238. The van der Waals surface area contributed by atoms with Crippen LogP contribution in [-0.2, 0) is 4.79 Å². The number of carbonyl (C=O) groups excluding carboxylic acids is 2. The van der Waals surface area contributed by atoms with Gasteiger partial charge in [-0.15, -0.1) is 0 Å². The van der Waals surface area contributed by atoms with E-state index in [0.29, 0.717) is 13.0 Å². The number of benzene rings is 2. The molecule has 2 aliphatic heterocycles. The van der Waals surface area contributed by atoms with E-state index in [1.54, 1.807) is 12.0 Å². The molecule has 1 unspecified atom stereocenters. The molecular weight excluding hydrogens is 422 g/mol. The lowest BCUT2D eigenvalue weighted by atomic mass is 9.88. The molecule has 2 aromatic carbocycles. The molecule has 0 saturated carbocycles. The van der Waals surface area contributed by atoms with E-state index in [2.05, 4.69) is 26.6 Å². The second kappa shape index (κ2) is 7.31. The second-order valence-electron chi connectivity index (χ2n) is 6.68. The Balaban J connectivity index is 1.86. The van der Waals surface area contributed by atoms with E-state index >= 15 is 0 Å². The number of nitrogens with zero attached hydrogens (tertiary/aromatic N) is 1. The molecule has 0 fully saturated rings. The van der Waals surface area contributed by atoms with Crippen LogP contribution in [0, 0.1) is 0 Å². The number of fused-ring (bicyclic) bond motifs is 2. The number of carbonyl (C=O) groups is 2. The smallest absolute Gasteiger partial charge is 0.320 e. The molecule has 1 atom stereocenters. The van der Waals surface area contributed by atoms with Crippen molar-refractivity contribution in [3.05, 3.63) is 63.6 Å². The number of anilines is 1. The van der Waals surface area contributed by atoms with Gasteiger partial charge < -0.3 is 20.3 Å². The fourth-order valence-electron chi connectivity index (χ4n) is 3.74. The molecule has 0 aliphatic carbocycles. The Labute approximate surface area is 171 Å². The number of rotatable bonds is 3. The van der Waals surface area contributed by atoms with Crippen LogP contribution in [0.2, 0.25) is 0 Å². The van der Waals surface area contributed by atoms with Gasteiger partial charge in [0.1, 0.15) is 5.75 Å². The van der Waals surface area contributed by atoms with Gasteiger partial charge in [-0.25, -0.2) is 4.79 Å². The first-order valence-electron chi connectivity index (χ1n) is 9.07. The monoisotopic (exact) mass is 441 g/mol. The predicted octanol–water partition coefficient (Wildman–Crippen LogP) is 3.98. The van der Waals surface area contributed by atoms with Crippen molar-refractivity contribution in [2.75, 3.05) is 18.6 Å². The number of methoxy groups -OCH3 is 1. The molecule has 0 saturated heterocycles. The minimum atomic E-state index is -0.341. The van der Waals surface area contributed by atoms with E-state index in [1.165, 1.54) is 0 Å². The lowest BCUT2D eigenvalue weighted by Crippen LogP contribution is -2.49. The number of para-hydroxylation sites is 1. The molecule has 28 heavy (non-hydrogen) atoms. The van der Waals surface area contributed by atoms with E-state index in [-0.39, 0.29) is 18.0 Å². The Morgan fingerprint density at radius 3 is 2.79 bits per heavy atom. The zero-order valence-corrected chi connectivity index (χ0v) is 17.2. The summed E-state index contributed by atoms with van der Waals surface area (Å²) >= 11 is 3.52. The standard InChI is InChI=1S/C21H20BrN3O3/c1-3-18(26)25-11-14-19(12-8-9-17(28-2)15(22)10-12)23-21(27)24-20(14)13-6-4-5-7-16(13)25/h4-10,19H,3,11H2,1-2H3,(H2,23,24,27). The molecule has 0 aromatic heterocycles. The van der Waals surface area contributed by atoms with Gasteiger partial charge in [-0.1, -0.05) is 31.2 Å². The lowest BCUT2D eigenvalue weighted by molar-refractivity contribution is -0.118. The zero-order chi connectivity index (χ0) is 19.8. The second-order valence-corrected chi connectivity index (χ2v) is 7.53. The van der Waals surface area contributed by atoms with Crippen LogP contribution in [0.3, 0.4) is 0 Å². The highest BCUT2D eigenvalue weighted by Gasteiger charge is 2.36. The molecule has 6 nitrogen and oxygen atoms in total. The predicted molar refractivity (Wildman–Crippen MR) is 111 cm³/mol. The summed E-state index contributed by atoms with van der Waals surface area (Å²) in [5.41, 5.74) is 4.33. The number of ether oxygens (including phenoxy) is 1. The van der Waals surface area contributed by atoms with Gasteiger partial charge in [0, 0.05) is 17.6 Å². The van der Waals surface area contributed by atoms with Crippen LogP contribution in [0.4, 0.5) is 10.5 Å². The van der Waals surface area contributed by atoms with E-state index in [4.69, 9.17) is 4.74 Å². The number of nitrogens with one attached hydrogen (secondary N) is 2. The quantitative estimate of drug-likeness (QED) is 0.756. The highest BCUT2D eigenvalue weighted by atomic mass is 79.9. The number of amides is 3. The zero-order valence-electron chi connectivity index (χ0n) is 15.6. The summed E-state index contributed by atoms with van der Waals surface area (Å²) in [6, 6.07) is 12.8. The van der Waals surface area contributed by atoms with Gasteiger partial charge in [-0.3, -0.25) is 4.79 Å². The largest absolute Gasteiger partial charge is 0.496 e. The van der Waals surface area contributed by atoms with Crippen molar-refractivity contribution < 1.29 is 14.3 Å². The molecule has 144 valence electrons. The Morgan fingerprint density at radius 1 is 1.29 bits per heavy atom. The summed E-state index contributed by atoms with van der Waals surface area (Å²) in [7, 11) is 1.61.